The van der Waals surface area contributed by atoms with Crippen LogP contribution in [0.3, 0.4) is 0 Å². The van der Waals surface area contributed by atoms with Crippen LogP contribution >= 0.6 is 15.9 Å². The number of rotatable bonds is 8. The van der Waals surface area contributed by atoms with E-state index >= 15 is 0 Å². The molecule has 1 aromatic heterocycles. The van der Waals surface area contributed by atoms with Crippen molar-refractivity contribution < 1.29 is 29.3 Å². The van der Waals surface area contributed by atoms with E-state index in [-0.39, 0.29) is 52.7 Å². The summed E-state index contributed by atoms with van der Waals surface area (Å²) >= 11 is 3.46. The van der Waals surface area contributed by atoms with E-state index in [2.05, 4.69) is 60.0 Å². The van der Waals surface area contributed by atoms with Gasteiger partial charge >= 0.3 is 11.9 Å². The third-order valence-electron chi connectivity index (χ3n) is 13.5. The number of fused-ring (bicyclic) bond motifs is 5. The second kappa shape index (κ2) is 14.0. The van der Waals surface area contributed by atoms with Crippen LogP contribution in [0.1, 0.15) is 106 Å². The van der Waals surface area contributed by atoms with Gasteiger partial charge in [-0.2, -0.15) is 0 Å². The van der Waals surface area contributed by atoms with Gasteiger partial charge in [0.05, 0.1) is 24.1 Å². The average molecular weight is 753 g/mol. The van der Waals surface area contributed by atoms with Gasteiger partial charge in [0.2, 0.25) is 0 Å². The number of carbonyl (C=O) groups excluding carboxylic acids is 2. The first kappa shape index (κ1) is 37.0. The van der Waals surface area contributed by atoms with Gasteiger partial charge in [0.15, 0.2) is 0 Å². The molecule has 10 atom stereocenters. The Labute approximate surface area is 305 Å². The standard InChI is InChI=1S/C40H54BrN3O6/c1-23(2)9-8-10-29(37(48)49-22-27-21-44(43-42-27)28-13-11-26(41)12-14-28)35-31-19-33(47)36-38(5)17-16-32(46)24(3)30(38)15-18-39(36,6)40(31,7)20-34(35)50-25(4)45/h9,11-14,21,24,30-34,36,46-47H,8,10,15-20,22H2,1-7H3/b35-29-/t24-,30-,31-,32+,33+,34-,36-,38-,39-,40-/m0/s1. The van der Waals surface area contributed by atoms with Crippen LogP contribution < -0.4 is 0 Å². The zero-order valence-electron chi connectivity index (χ0n) is 30.6. The van der Waals surface area contributed by atoms with Gasteiger partial charge in [0.1, 0.15) is 18.4 Å². The zero-order chi connectivity index (χ0) is 36.2. The number of esters is 2. The van der Waals surface area contributed by atoms with Gasteiger partial charge in [-0.1, -0.05) is 60.5 Å². The maximum atomic E-state index is 14.3. The maximum Gasteiger partial charge on any atom is 0.334 e. The molecule has 0 amide bonds. The fourth-order valence-corrected chi connectivity index (χ4v) is 11.4. The van der Waals surface area contributed by atoms with E-state index in [1.54, 1.807) is 10.9 Å². The average Bonchev–Trinajstić information content (AvgIpc) is 3.63. The van der Waals surface area contributed by atoms with E-state index in [1.165, 1.54) is 6.92 Å². The lowest BCUT2D eigenvalue weighted by atomic mass is 9.36. The van der Waals surface area contributed by atoms with Gasteiger partial charge < -0.3 is 19.7 Å². The largest absolute Gasteiger partial charge is 0.458 e. The second-order valence-corrected chi connectivity index (χ2v) is 17.5. The zero-order valence-corrected chi connectivity index (χ0v) is 32.2. The van der Waals surface area contributed by atoms with Crippen LogP contribution in [0, 0.1) is 39.9 Å². The molecule has 50 heavy (non-hydrogen) atoms. The summed E-state index contributed by atoms with van der Waals surface area (Å²) in [5, 5.41) is 31.6. The minimum absolute atomic E-state index is 0.0247. The highest BCUT2D eigenvalue weighted by molar-refractivity contribution is 9.10. The lowest BCUT2D eigenvalue weighted by Crippen LogP contribution is -2.65. The highest BCUT2D eigenvalue weighted by atomic mass is 79.9. The number of benzene rings is 1. The molecule has 272 valence electrons. The number of ether oxygens (including phenoxy) is 2. The van der Waals surface area contributed by atoms with Crippen molar-refractivity contribution in [2.75, 3.05) is 0 Å². The molecule has 10 heteroatoms. The Kier molecular flexibility index (Phi) is 10.3. The summed E-state index contributed by atoms with van der Waals surface area (Å²) in [6.45, 7) is 14.6. The number of aliphatic hydroxyl groups is 2. The molecule has 0 spiro atoms. The van der Waals surface area contributed by atoms with Crippen molar-refractivity contribution in [3.8, 4) is 5.69 Å². The summed E-state index contributed by atoms with van der Waals surface area (Å²) < 4.78 is 14.7. The molecule has 9 nitrogen and oxygen atoms in total. The van der Waals surface area contributed by atoms with Gasteiger partial charge in [-0.05, 0) is 135 Å². The van der Waals surface area contributed by atoms with E-state index in [1.807, 2.05) is 38.1 Å². The first-order chi connectivity index (χ1) is 23.6. The Morgan fingerprint density at radius 1 is 1.04 bits per heavy atom. The molecule has 2 N–H and O–H groups in total. The fourth-order valence-electron chi connectivity index (χ4n) is 11.1. The summed E-state index contributed by atoms with van der Waals surface area (Å²) in [5.41, 5.74) is 3.11. The lowest BCUT2D eigenvalue weighted by molar-refractivity contribution is -0.234. The monoisotopic (exact) mass is 751 g/mol. The van der Waals surface area contributed by atoms with Crippen LogP contribution in [0.15, 0.2) is 57.7 Å². The molecule has 4 aliphatic rings. The molecular formula is C40H54BrN3O6. The molecule has 4 aliphatic carbocycles. The summed E-state index contributed by atoms with van der Waals surface area (Å²) in [6, 6.07) is 7.68. The van der Waals surface area contributed by atoms with Crippen molar-refractivity contribution in [3.05, 3.63) is 63.4 Å². The molecule has 4 fully saturated rings. The van der Waals surface area contributed by atoms with Crippen LogP contribution in [0.5, 0.6) is 0 Å². The summed E-state index contributed by atoms with van der Waals surface area (Å²) in [7, 11) is 0. The Morgan fingerprint density at radius 3 is 2.44 bits per heavy atom. The minimum atomic E-state index is -0.594. The number of aliphatic hydroxyl groups excluding tert-OH is 2. The number of hydrogen-bond acceptors (Lipinski definition) is 8. The second-order valence-electron chi connectivity index (χ2n) is 16.5. The molecule has 6 rings (SSSR count). The van der Waals surface area contributed by atoms with E-state index in [0.717, 1.165) is 47.0 Å². The van der Waals surface area contributed by atoms with Crippen LogP contribution in [0.2, 0.25) is 0 Å². The highest BCUT2D eigenvalue weighted by Gasteiger charge is 2.70. The Morgan fingerprint density at radius 2 is 1.76 bits per heavy atom. The molecule has 1 aromatic carbocycles. The maximum absolute atomic E-state index is 14.3. The molecule has 4 saturated carbocycles. The third-order valence-corrected chi connectivity index (χ3v) is 14.1. The molecule has 0 unspecified atom stereocenters. The fraction of sp³-hybridized carbons (Fsp3) is 0.650. The summed E-state index contributed by atoms with van der Waals surface area (Å²) in [5.74, 6) is -0.467. The highest BCUT2D eigenvalue weighted by Crippen LogP contribution is 2.74. The number of allylic oxidation sites excluding steroid dienone is 2. The quantitative estimate of drug-likeness (QED) is 0.160. The van der Waals surface area contributed by atoms with E-state index in [4.69, 9.17) is 9.47 Å². The Balaban J connectivity index is 1.36. The van der Waals surface area contributed by atoms with Crippen molar-refractivity contribution in [2.45, 2.75) is 125 Å². The molecule has 2 aromatic rings. The minimum Gasteiger partial charge on any atom is -0.458 e. The molecule has 1 heterocycles. The first-order valence-electron chi connectivity index (χ1n) is 18.3. The smallest absolute Gasteiger partial charge is 0.334 e. The van der Waals surface area contributed by atoms with Crippen molar-refractivity contribution in [1.29, 1.82) is 0 Å². The molecule has 0 bridgehead atoms. The number of aromatic nitrogens is 3. The summed E-state index contributed by atoms with van der Waals surface area (Å²) in [6.07, 6.45) is 8.02. The predicted octanol–water partition coefficient (Wildman–Crippen LogP) is 7.67. The van der Waals surface area contributed by atoms with Crippen molar-refractivity contribution >= 4 is 27.9 Å². The van der Waals surface area contributed by atoms with Crippen molar-refractivity contribution in [1.82, 2.24) is 15.0 Å². The number of hydrogen-bond donors (Lipinski definition) is 2. The summed E-state index contributed by atoms with van der Waals surface area (Å²) in [4.78, 5) is 26.9. The number of nitrogens with zero attached hydrogens (tertiary/aromatic N) is 3. The molecule has 0 aliphatic heterocycles. The molecular weight excluding hydrogens is 698 g/mol. The van der Waals surface area contributed by atoms with Crippen molar-refractivity contribution in [2.24, 2.45) is 39.9 Å². The van der Waals surface area contributed by atoms with E-state index in [9.17, 15) is 19.8 Å². The predicted molar refractivity (Wildman–Crippen MR) is 194 cm³/mol. The topological polar surface area (TPSA) is 124 Å². The van der Waals surface area contributed by atoms with E-state index < -0.39 is 18.2 Å². The number of halogens is 1. The van der Waals surface area contributed by atoms with Crippen LogP contribution in [0.4, 0.5) is 0 Å². The molecule has 0 saturated heterocycles. The Bertz CT molecular complexity index is 1660. The SMILES string of the molecule is CC(=O)O[C@H]1C[C@@]2(C)[C@@H](C[C@@H](O)[C@H]3[C@@]4(C)CC[C@@H](O)[C@@H](C)[C@@H]4CC[C@@]32C)/C1=C(\CCC=C(C)C)C(=O)OCc1cn(-c2ccc(Br)cc2)nn1. The lowest BCUT2D eigenvalue weighted by Gasteiger charge is -2.69. The van der Waals surface area contributed by atoms with Gasteiger partial charge in [0, 0.05) is 17.0 Å². The van der Waals surface area contributed by atoms with Gasteiger partial charge in [-0.15, -0.1) is 5.10 Å². The third kappa shape index (κ3) is 6.42. The van der Waals surface area contributed by atoms with Crippen LogP contribution in [0.25, 0.3) is 5.69 Å². The van der Waals surface area contributed by atoms with Crippen LogP contribution in [-0.4, -0.2) is 55.5 Å². The first-order valence-corrected chi connectivity index (χ1v) is 19.1. The normalized spacial score (nSPS) is 37.2. The van der Waals surface area contributed by atoms with Crippen molar-refractivity contribution in [3.63, 3.8) is 0 Å². The van der Waals surface area contributed by atoms with E-state index in [0.29, 0.717) is 42.9 Å². The van der Waals surface area contributed by atoms with Gasteiger partial charge in [-0.25, -0.2) is 9.48 Å². The Hall–Kier alpha value is -2.82. The van der Waals surface area contributed by atoms with Crippen LogP contribution in [-0.2, 0) is 25.7 Å². The van der Waals surface area contributed by atoms with Gasteiger partial charge in [-0.3, -0.25) is 4.79 Å². The molecule has 0 radical (unpaired) electrons. The van der Waals surface area contributed by atoms with Gasteiger partial charge in [0.25, 0.3) is 0 Å². The number of carbonyl (C=O) groups is 2.